The summed E-state index contributed by atoms with van der Waals surface area (Å²) in [6.45, 7) is 1.90. The Hall–Kier alpha value is -1.55. The SMILES string of the molecule is CN1C(=O)CCN1c1cccc(C2CCCCN2)c1. The van der Waals surface area contributed by atoms with Gasteiger partial charge >= 0.3 is 0 Å². The van der Waals surface area contributed by atoms with Crippen molar-refractivity contribution in [2.45, 2.75) is 31.7 Å². The monoisotopic (exact) mass is 259 g/mol. The number of amides is 1. The molecule has 0 radical (unpaired) electrons. The average Bonchev–Trinajstić information content (AvgIpc) is 2.80. The van der Waals surface area contributed by atoms with Gasteiger partial charge in [0.05, 0.1) is 5.69 Å². The number of hydrogen-bond donors (Lipinski definition) is 1. The molecule has 2 aliphatic rings. The highest BCUT2D eigenvalue weighted by molar-refractivity contribution is 5.81. The van der Waals surface area contributed by atoms with Crippen LogP contribution in [0.2, 0.25) is 0 Å². The van der Waals surface area contributed by atoms with Crippen LogP contribution in [-0.4, -0.2) is 31.1 Å². The third kappa shape index (κ3) is 2.45. The van der Waals surface area contributed by atoms with E-state index in [0.717, 1.165) is 18.8 Å². The number of anilines is 1. The molecule has 3 rings (SSSR count). The number of carbonyl (C=O) groups is 1. The molecule has 0 aliphatic carbocycles. The first-order chi connectivity index (χ1) is 9.25. The summed E-state index contributed by atoms with van der Waals surface area (Å²) in [7, 11) is 1.85. The molecule has 1 aromatic carbocycles. The van der Waals surface area contributed by atoms with Crippen molar-refractivity contribution in [3.05, 3.63) is 29.8 Å². The predicted octanol–water partition coefficient (Wildman–Crippen LogP) is 2.08. The first-order valence-electron chi connectivity index (χ1n) is 7.13. The van der Waals surface area contributed by atoms with Crippen molar-refractivity contribution >= 4 is 11.6 Å². The molecule has 0 spiro atoms. The second-order valence-electron chi connectivity index (χ2n) is 5.39. The minimum Gasteiger partial charge on any atom is -0.310 e. The van der Waals surface area contributed by atoms with Gasteiger partial charge in [-0.1, -0.05) is 18.6 Å². The minimum absolute atomic E-state index is 0.196. The van der Waals surface area contributed by atoms with Crippen molar-refractivity contribution in [3.8, 4) is 0 Å². The smallest absolute Gasteiger partial charge is 0.242 e. The van der Waals surface area contributed by atoms with Crippen molar-refractivity contribution in [3.63, 3.8) is 0 Å². The number of carbonyl (C=O) groups excluding carboxylic acids is 1. The second-order valence-corrected chi connectivity index (χ2v) is 5.39. The van der Waals surface area contributed by atoms with Crippen molar-refractivity contribution in [1.29, 1.82) is 0 Å². The van der Waals surface area contributed by atoms with Crippen LogP contribution < -0.4 is 10.3 Å². The topological polar surface area (TPSA) is 35.6 Å². The number of benzene rings is 1. The lowest BCUT2D eigenvalue weighted by Crippen LogP contribution is -2.35. The maximum absolute atomic E-state index is 11.6. The van der Waals surface area contributed by atoms with Crippen LogP contribution in [0, 0.1) is 0 Å². The largest absolute Gasteiger partial charge is 0.310 e. The molecule has 2 fully saturated rings. The molecule has 2 heterocycles. The average molecular weight is 259 g/mol. The zero-order valence-electron chi connectivity index (χ0n) is 11.4. The van der Waals surface area contributed by atoms with E-state index in [9.17, 15) is 4.79 Å². The lowest BCUT2D eigenvalue weighted by Gasteiger charge is -2.28. The van der Waals surface area contributed by atoms with Crippen molar-refractivity contribution in [1.82, 2.24) is 10.3 Å². The maximum atomic E-state index is 11.6. The Morgan fingerprint density at radius 1 is 1.32 bits per heavy atom. The summed E-state index contributed by atoms with van der Waals surface area (Å²) in [5.74, 6) is 0.196. The van der Waals surface area contributed by atoms with E-state index < -0.39 is 0 Å². The highest BCUT2D eigenvalue weighted by Gasteiger charge is 2.26. The van der Waals surface area contributed by atoms with Gasteiger partial charge in [-0.3, -0.25) is 14.8 Å². The lowest BCUT2D eigenvalue weighted by atomic mass is 9.97. The van der Waals surface area contributed by atoms with Gasteiger partial charge in [0, 0.05) is 26.1 Å². The maximum Gasteiger partial charge on any atom is 0.242 e. The van der Waals surface area contributed by atoms with E-state index in [2.05, 4.69) is 34.6 Å². The van der Waals surface area contributed by atoms with Gasteiger partial charge in [-0.25, -0.2) is 0 Å². The number of nitrogens with zero attached hydrogens (tertiary/aromatic N) is 2. The third-order valence-electron chi connectivity index (χ3n) is 4.14. The fourth-order valence-corrected chi connectivity index (χ4v) is 2.99. The summed E-state index contributed by atoms with van der Waals surface area (Å²) >= 11 is 0. The molecule has 1 N–H and O–H groups in total. The third-order valence-corrected chi connectivity index (χ3v) is 4.14. The van der Waals surface area contributed by atoms with E-state index in [1.54, 1.807) is 5.01 Å². The molecule has 102 valence electrons. The molecule has 1 amide bonds. The summed E-state index contributed by atoms with van der Waals surface area (Å²) in [6, 6.07) is 9.05. The van der Waals surface area contributed by atoms with Crippen LogP contribution in [0.1, 0.15) is 37.3 Å². The van der Waals surface area contributed by atoms with E-state index in [1.165, 1.54) is 24.8 Å². The van der Waals surface area contributed by atoms with Gasteiger partial charge in [0.1, 0.15) is 0 Å². The molecule has 2 aliphatic heterocycles. The molecule has 2 saturated heterocycles. The molecule has 19 heavy (non-hydrogen) atoms. The van der Waals surface area contributed by atoms with Gasteiger partial charge in [0.25, 0.3) is 0 Å². The Labute approximate surface area is 114 Å². The highest BCUT2D eigenvalue weighted by atomic mass is 16.2. The van der Waals surface area contributed by atoms with Gasteiger partial charge in [-0.05, 0) is 37.1 Å². The van der Waals surface area contributed by atoms with E-state index in [1.807, 2.05) is 7.05 Å². The number of nitrogens with one attached hydrogen (secondary N) is 1. The van der Waals surface area contributed by atoms with Gasteiger partial charge < -0.3 is 5.32 Å². The zero-order valence-corrected chi connectivity index (χ0v) is 11.4. The standard InChI is InChI=1S/C15H21N3O/c1-17-15(19)8-10-18(17)13-6-4-5-12(11-13)14-7-2-3-9-16-14/h4-6,11,14,16H,2-3,7-10H2,1H3. The van der Waals surface area contributed by atoms with Crippen molar-refractivity contribution in [2.75, 3.05) is 25.1 Å². The lowest BCUT2D eigenvalue weighted by molar-refractivity contribution is -0.126. The normalized spacial score (nSPS) is 24.1. The quantitative estimate of drug-likeness (QED) is 0.883. The van der Waals surface area contributed by atoms with Crippen LogP contribution in [0.4, 0.5) is 5.69 Å². The zero-order chi connectivity index (χ0) is 13.2. The van der Waals surface area contributed by atoms with Crippen molar-refractivity contribution < 1.29 is 4.79 Å². The van der Waals surface area contributed by atoms with E-state index in [4.69, 9.17) is 0 Å². The molecular weight excluding hydrogens is 238 g/mol. The molecule has 1 atom stereocenters. The van der Waals surface area contributed by atoms with Gasteiger partial charge in [-0.2, -0.15) is 0 Å². The summed E-state index contributed by atoms with van der Waals surface area (Å²) < 4.78 is 0. The molecule has 0 aromatic heterocycles. The molecule has 4 heteroatoms. The Bertz CT molecular complexity index is 468. The van der Waals surface area contributed by atoms with Crippen LogP contribution in [0.5, 0.6) is 0 Å². The van der Waals surface area contributed by atoms with E-state index >= 15 is 0 Å². The molecule has 0 saturated carbocycles. The van der Waals surface area contributed by atoms with Crippen LogP contribution in [0.3, 0.4) is 0 Å². The Morgan fingerprint density at radius 3 is 2.89 bits per heavy atom. The van der Waals surface area contributed by atoms with E-state index in [-0.39, 0.29) is 5.91 Å². The van der Waals surface area contributed by atoms with Gasteiger partial charge in [0.2, 0.25) is 5.91 Å². The first kappa shape index (κ1) is 12.5. The molecule has 1 aromatic rings. The van der Waals surface area contributed by atoms with Gasteiger partial charge in [0.15, 0.2) is 0 Å². The summed E-state index contributed by atoms with van der Waals surface area (Å²) in [5.41, 5.74) is 2.46. The Kier molecular flexibility index (Phi) is 3.42. The molecular formula is C15H21N3O. The fourth-order valence-electron chi connectivity index (χ4n) is 2.99. The minimum atomic E-state index is 0.196. The second kappa shape index (κ2) is 5.21. The Morgan fingerprint density at radius 2 is 2.21 bits per heavy atom. The number of hydrazine groups is 1. The van der Waals surface area contributed by atoms with Crippen molar-refractivity contribution in [2.24, 2.45) is 0 Å². The molecule has 1 unspecified atom stereocenters. The van der Waals surface area contributed by atoms with E-state index in [0.29, 0.717) is 12.5 Å². The van der Waals surface area contributed by atoms with Crippen LogP contribution in [0.15, 0.2) is 24.3 Å². The number of rotatable bonds is 2. The number of piperidine rings is 1. The van der Waals surface area contributed by atoms with Crippen LogP contribution >= 0.6 is 0 Å². The molecule has 0 bridgehead atoms. The summed E-state index contributed by atoms with van der Waals surface area (Å²) in [4.78, 5) is 11.6. The fraction of sp³-hybridized carbons (Fsp3) is 0.533. The summed E-state index contributed by atoms with van der Waals surface area (Å²) in [5, 5.41) is 7.37. The summed E-state index contributed by atoms with van der Waals surface area (Å²) in [6.07, 6.45) is 4.39. The first-order valence-corrected chi connectivity index (χ1v) is 7.13. The highest BCUT2D eigenvalue weighted by Crippen LogP contribution is 2.28. The van der Waals surface area contributed by atoms with Gasteiger partial charge in [-0.15, -0.1) is 0 Å². The Balaban J connectivity index is 1.81. The van der Waals surface area contributed by atoms with Crippen LogP contribution in [0.25, 0.3) is 0 Å². The predicted molar refractivity (Wildman–Crippen MR) is 75.8 cm³/mol. The van der Waals surface area contributed by atoms with Crippen LogP contribution in [-0.2, 0) is 4.79 Å². The molecule has 4 nitrogen and oxygen atoms in total. The number of hydrogen-bond acceptors (Lipinski definition) is 3.